The van der Waals surface area contributed by atoms with Gasteiger partial charge in [-0.15, -0.1) is 5.10 Å². The molecule has 1 amide bonds. The molecule has 2 aromatic carbocycles. The van der Waals surface area contributed by atoms with Crippen LogP contribution >= 0.6 is 0 Å². The molecule has 0 bridgehead atoms. The molecule has 6 nitrogen and oxygen atoms in total. The average molecular weight is 379 g/mol. The normalized spacial score (nSPS) is 15.5. The zero-order chi connectivity index (χ0) is 19.6. The van der Waals surface area contributed by atoms with Gasteiger partial charge < -0.3 is 5.32 Å². The molecule has 0 radical (unpaired) electrons. The summed E-state index contributed by atoms with van der Waals surface area (Å²) in [4.78, 5) is 12.8. The van der Waals surface area contributed by atoms with Crippen LogP contribution in [0.4, 0.5) is 4.39 Å². The number of amides is 1. The minimum Gasteiger partial charge on any atom is -0.346 e. The molecule has 4 rings (SSSR count). The molecule has 0 saturated heterocycles. The van der Waals surface area contributed by atoms with Gasteiger partial charge in [-0.1, -0.05) is 43.2 Å². The fourth-order valence-electron chi connectivity index (χ4n) is 4.01. The lowest BCUT2D eigenvalue weighted by Crippen LogP contribution is -2.45. The summed E-state index contributed by atoms with van der Waals surface area (Å²) in [6, 6.07) is 14.3. The van der Waals surface area contributed by atoms with Gasteiger partial charge in [0.2, 0.25) is 5.91 Å². The molecule has 28 heavy (non-hydrogen) atoms. The zero-order valence-electron chi connectivity index (χ0n) is 15.7. The summed E-state index contributed by atoms with van der Waals surface area (Å²) < 4.78 is 16.0. The molecular weight excluding hydrogens is 357 g/mol. The van der Waals surface area contributed by atoms with Crippen LogP contribution in [-0.4, -0.2) is 26.1 Å². The molecule has 1 N–H and O–H groups in total. The van der Waals surface area contributed by atoms with Crippen molar-refractivity contribution in [1.29, 1.82) is 0 Å². The summed E-state index contributed by atoms with van der Waals surface area (Å²) in [5.74, 6) is 0.334. The molecule has 0 unspecified atom stereocenters. The van der Waals surface area contributed by atoms with Gasteiger partial charge in [-0.25, -0.2) is 4.39 Å². The third-order valence-corrected chi connectivity index (χ3v) is 5.40. The average Bonchev–Trinajstić information content (AvgIpc) is 3.32. The van der Waals surface area contributed by atoms with E-state index in [-0.39, 0.29) is 18.1 Å². The van der Waals surface area contributed by atoms with Gasteiger partial charge in [-0.3, -0.25) is 4.79 Å². The van der Waals surface area contributed by atoms with Crippen LogP contribution in [0.3, 0.4) is 0 Å². The molecule has 1 aliphatic rings. The molecule has 1 aromatic heterocycles. The fraction of sp³-hybridized carbons (Fsp3) is 0.333. The Kier molecular flexibility index (Phi) is 4.90. The van der Waals surface area contributed by atoms with E-state index in [0.717, 1.165) is 36.9 Å². The van der Waals surface area contributed by atoms with Crippen molar-refractivity contribution >= 4 is 5.91 Å². The highest BCUT2D eigenvalue weighted by molar-refractivity contribution is 5.79. The summed E-state index contributed by atoms with van der Waals surface area (Å²) in [5.41, 5.74) is 1.70. The predicted molar refractivity (Wildman–Crippen MR) is 102 cm³/mol. The van der Waals surface area contributed by atoms with Crippen LogP contribution in [0.25, 0.3) is 5.69 Å². The minimum absolute atomic E-state index is 0.100. The van der Waals surface area contributed by atoms with Gasteiger partial charge in [0.1, 0.15) is 5.82 Å². The Morgan fingerprint density at radius 1 is 1.14 bits per heavy atom. The summed E-state index contributed by atoms with van der Waals surface area (Å²) in [7, 11) is 0. The smallest absolute Gasteiger partial charge is 0.225 e. The number of tetrazole rings is 1. The highest BCUT2D eigenvalue weighted by Crippen LogP contribution is 2.39. The number of benzene rings is 2. The van der Waals surface area contributed by atoms with E-state index in [2.05, 4.69) is 20.8 Å². The standard InChI is InChI=1S/C21H22FN5O/c1-15-24-25-26-27(15)17-10-8-16(9-11-17)14-20(28)23-21(12-4-5-13-21)18-6-2-3-7-19(18)22/h2-3,6-11H,4-5,12-14H2,1H3,(H,23,28). The number of nitrogens with zero attached hydrogens (tertiary/aromatic N) is 4. The van der Waals surface area contributed by atoms with Gasteiger partial charge in [0.05, 0.1) is 17.6 Å². The van der Waals surface area contributed by atoms with E-state index in [4.69, 9.17) is 0 Å². The molecule has 0 atom stereocenters. The Bertz CT molecular complexity index is 976. The number of hydrogen-bond acceptors (Lipinski definition) is 4. The zero-order valence-corrected chi connectivity index (χ0v) is 15.7. The Labute approximate surface area is 162 Å². The third-order valence-electron chi connectivity index (χ3n) is 5.40. The van der Waals surface area contributed by atoms with E-state index in [1.807, 2.05) is 37.3 Å². The first-order chi connectivity index (χ1) is 13.6. The molecule has 7 heteroatoms. The number of aromatic nitrogens is 4. The van der Waals surface area contributed by atoms with E-state index in [9.17, 15) is 9.18 Å². The van der Waals surface area contributed by atoms with E-state index in [1.54, 1.807) is 16.8 Å². The summed E-state index contributed by atoms with van der Waals surface area (Å²) in [6.07, 6.45) is 3.72. The number of rotatable bonds is 5. The number of halogens is 1. The van der Waals surface area contributed by atoms with Crippen LogP contribution in [0.15, 0.2) is 48.5 Å². The molecule has 1 fully saturated rings. The van der Waals surface area contributed by atoms with E-state index in [1.165, 1.54) is 6.07 Å². The Balaban J connectivity index is 1.49. The topological polar surface area (TPSA) is 72.7 Å². The van der Waals surface area contributed by atoms with E-state index in [0.29, 0.717) is 11.4 Å². The highest BCUT2D eigenvalue weighted by atomic mass is 19.1. The molecule has 0 aliphatic heterocycles. The van der Waals surface area contributed by atoms with Gasteiger partial charge >= 0.3 is 0 Å². The minimum atomic E-state index is -0.605. The maximum absolute atomic E-state index is 14.4. The second-order valence-electron chi connectivity index (χ2n) is 7.30. The quantitative estimate of drug-likeness (QED) is 0.739. The molecule has 0 spiro atoms. The lowest BCUT2D eigenvalue weighted by atomic mass is 9.87. The molecule has 1 aliphatic carbocycles. The third kappa shape index (κ3) is 3.52. The molecule has 1 heterocycles. The lowest BCUT2D eigenvalue weighted by Gasteiger charge is -2.31. The summed E-state index contributed by atoms with van der Waals surface area (Å²) >= 11 is 0. The number of aryl methyl sites for hydroxylation is 1. The van der Waals surface area contributed by atoms with Crippen LogP contribution in [0.5, 0.6) is 0 Å². The second-order valence-corrected chi connectivity index (χ2v) is 7.30. The maximum Gasteiger partial charge on any atom is 0.225 e. The molecular formula is C21H22FN5O. The van der Waals surface area contributed by atoms with Gasteiger partial charge in [0.25, 0.3) is 0 Å². The van der Waals surface area contributed by atoms with Crippen molar-refractivity contribution in [3.63, 3.8) is 0 Å². The molecule has 144 valence electrons. The first-order valence-electron chi connectivity index (χ1n) is 9.48. The first kappa shape index (κ1) is 18.3. The number of nitrogens with one attached hydrogen (secondary N) is 1. The van der Waals surface area contributed by atoms with Gasteiger partial charge in [-0.2, -0.15) is 4.68 Å². The van der Waals surface area contributed by atoms with Gasteiger partial charge in [0, 0.05) is 5.56 Å². The van der Waals surface area contributed by atoms with E-state index < -0.39 is 5.54 Å². The summed E-state index contributed by atoms with van der Waals surface area (Å²) in [6.45, 7) is 1.82. The van der Waals surface area contributed by atoms with Gasteiger partial charge in [0.15, 0.2) is 5.82 Å². The van der Waals surface area contributed by atoms with Crippen molar-refractivity contribution in [3.8, 4) is 5.69 Å². The monoisotopic (exact) mass is 379 g/mol. The second kappa shape index (κ2) is 7.50. The number of carbonyl (C=O) groups is 1. The lowest BCUT2D eigenvalue weighted by molar-refractivity contribution is -0.122. The Morgan fingerprint density at radius 2 is 1.86 bits per heavy atom. The molecule has 3 aromatic rings. The van der Waals surface area contributed by atoms with E-state index >= 15 is 0 Å². The first-order valence-corrected chi connectivity index (χ1v) is 9.48. The summed E-state index contributed by atoms with van der Waals surface area (Å²) in [5, 5.41) is 14.6. The highest BCUT2D eigenvalue weighted by Gasteiger charge is 2.38. The van der Waals surface area contributed by atoms with Crippen LogP contribution in [0.1, 0.15) is 42.6 Å². The largest absolute Gasteiger partial charge is 0.346 e. The number of hydrogen-bond donors (Lipinski definition) is 1. The predicted octanol–water partition coefficient (Wildman–Crippen LogP) is 3.24. The Hall–Kier alpha value is -3.09. The van der Waals surface area contributed by atoms with Crippen LogP contribution in [0.2, 0.25) is 0 Å². The van der Waals surface area contributed by atoms with Crippen LogP contribution in [0, 0.1) is 12.7 Å². The van der Waals surface area contributed by atoms with Crippen LogP contribution in [-0.2, 0) is 16.8 Å². The van der Waals surface area contributed by atoms with Crippen molar-refractivity contribution in [2.24, 2.45) is 0 Å². The SMILES string of the molecule is Cc1nnnn1-c1ccc(CC(=O)NC2(c3ccccc3F)CCCC2)cc1. The van der Waals surface area contributed by atoms with Crippen molar-refractivity contribution in [3.05, 3.63) is 71.3 Å². The fourth-order valence-corrected chi connectivity index (χ4v) is 4.01. The molecule has 1 saturated carbocycles. The van der Waals surface area contributed by atoms with Crippen molar-refractivity contribution in [2.45, 2.75) is 44.6 Å². The van der Waals surface area contributed by atoms with Crippen LogP contribution < -0.4 is 5.32 Å². The van der Waals surface area contributed by atoms with Gasteiger partial charge in [-0.05, 0) is 54.0 Å². The van der Waals surface area contributed by atoms with Crippen molar-refractivity contribution in [2.75, 3.05) is 0 Å². The number of carbonyl (C=O) groups excluding carboxylic acids is 1. The Morgan fingerprint density at radius 3 is 2.50 bits per heavy atom. The van der Waals surface area contributed by atoms with Crippen molar-refractivity contribution < 1.29 is 9.18 Å². The maximum atomic E-state index is 14.4. The van der Waals surface area contributed by atoms with Crippen molar-refractivity contribution in [1.82, 2.24) is 25.5 Å².